The molecule has 0 bridgehead atoms. The summed E-state index contributed by atoms with van der Waals surface area (Å²) < 4.78 is 1.71. The van der Waals surface area contributed by atoms with Crippen LogP contribution in [0.25, 0.3) is 0 Å². The second-order valence-corrected chi connectivity index (χ2v) is 4.30. The summed E-state index contributed by atoms with van der Waals surface area (Å²) in [7, 11) is 0. The Morgan fingerprint density at radius 2 is 2.20 bits per heavy atom. The van der Waals surface area contributed by atoms with Gasteiger partial charge in [-0.2, -0.15) is 0 Å². The van der Waals surface area contributed by atoms with Crippen LogP contribution < -0.4 is 11.3 Å². The monoisotopic (exact) mass is 208 g/mol. The Bertz CT molecular complexity index is 382. The van der Waals surface area contributed by atoms with Crippen LogP contribution in [0, 0.1) is 12.8 Å². The number of aromatic nitrogens is 1. The molecule has 0 aliphatic rings. The summed E-state index contributed by atoms with van der Waals surface area (Å²) in [6.45, 7) is 6.93. The van der Waals surface area contributed by atoms with Gasteiger partial charge in [0.05, 0.1) is 5.69 Å². The third kappa shape index (κ3) is 3.11. The van der Waals surface area contributed by atoms with E-state index in [1.54, 1.807) is 16.8 Å². The van der Waals surface area contributed by atoms with E-state index < -0.39 is 0 Å². The molecule has 3 heteroatoms. The van der Waals surface area contributed by atoms with Crippen LogP contribution in [-0.2, 0) is 6.54 Å². The summed E-state index contributed by atoms with van der Waals surface area (Å²) in [5.74, 6) is 0.523. The third-order valence-corrected chi connectivity index (χ3v) is 2.66. The standard InChI is InChI=1S/C12H20N2O/c1-4-5-9(2)7-14-8-11(13)10(3)6-12(14)15/h6,8-9H,4-5,7,13H2,1-3H3. The lowest BCUT2D eigenvalue weighted by atomic mass is 10.1. The molecule has 15 heavy (non-hydrogen) atoms. The van der Waals surface area contributed by atoms with Crippen LogP contribution >= 0.6 is 0 Å². The number of hydrogen-bond donors (Lipinski definition) is 1. The average Bonchev–Trinajstić information content (AvgIpc) is 2.14. The quantitative estimate of drug-likeness (QED) is 0.824. The number of aryl methyl sites for hydroxylation is 1. The number of nitrogen functional groups attached to an aromatic ring is 1. The highest BCUT2D eigenvalue weighted by Crippen LogP contribution is 2.10. The summed E-state index contributed by atoms with van der Waals surface area (Å²) in [6, 6.07) is 1.61. The molecule has 1 aromatic heterocycles. The van der Waals surface area contributed by atoms with Gasteiger partial charge in [-0.15, -0.1) is 0 Å². The zero-order chi connectivity index (χ0) is 11.4. The van der Waals surface area contributed by atoms with E-state index >= 15 is 0 Å². The van der Waals surface area contributed by atoms with Crippen LogP contribution in [0.3, 0.4) is 0 Å². The SMILES string of the molecule is CCCC(C)Cn1cc(N)c(C)cc1=O. The molecule has 0 radical (unpaired) electrons. The fraction of sp³-hybridized carbons (Fsp3) is 0.583. The highest BCUT2D eigenvalue weighted by Gasteiger charge is 2.05. The molecule has 3 nitrogen and oxygen atoms in total. The highest BCUT2D eigenvalue weighted by molar-refractivity contribution is 5.42. The number of nitrogens with zero attached hydrogens (tertiary/aromatic N) is 1. The second-order valence-electron chi connectivity index (χ2n) is 4.30. The molecule has 1 atom stereocenters. The van der Waals surface area contributed by atoms with E-state index in [0.29, 0.717) is 11.6 Å². The number of hydrogen-bond acceptors (Lipinski definition) is 2. The molecule has 0 saturated heterocycles. The van der Waals surface area contributed by atoms with Gasteiger partial charge in [-0.05, 0) is 24.8 Å². The number of pyridine rings is 1. The summed E-state index contributed by atoms with van der Waals surface area (Å²) in [6.07, 6.45) is 4.04. The van der Waals surface area contributed by atoms with Crippen molar-refractivity contribution in [1.82, 2.24) is 4.57 Å². The molecule has 0 saturated carbocycles. The maximum Gasteiger partial charge on any atom is 0.250 e. The lowest BCUT2D eigenvalue weighted by molar-refractivity contribution is 0.438. The Kier molecular flexibility index (Phi) is 3.95. The van der Waals surface area contributed by atoms with Crippen LogP contribution in [0.4, 0.5) is 5.69 Å². The largest absolute Gasteiger partial charge is 0.397 e. The lowest BCUT2D eigenvalue weighted by Gasteiger charge is -2.13. The molecule has 0 fully saturated rings. The van der Waals surface area contributed by atoms with E-state index in [1.807, 2.05) is 6.92 Å². The van der Waals surface area contributed by atoms with Crippen molar-refractivity contribution < 1.29 is 0 Å². The van der Waals surface area contributed by atoms with Crippen LogP contribution in [0.5, 0.6) is 0 Å². The molecule has 0 aliphatic carbocycles. The molecule has 1 heterocycles. The van der Waals surface area contributed by atoms with E-state index in [2.05, 4.69) is 13.8 Å². The molecule has 0 aliphatic heterocycles. The molecule has 0 amide bonds. The first-order chi connectivity index (χ1) is 7.04. The van der Waals surface area contributed by atoms with E-state index in [4.69, 9.17) is 5.73 Å². The summed E-state index contributed by atoms with van der Waals surface area (Å²) in [5, 5.41) is 0. The van der Waals surface area contributed by atoms with Crippen molar-refractivity contribution in [2.24, 2.45) is 5.92 Å². The van der Waals surface area contributed by atoms with Crippen molar-refractivity contribution in [3.05, 3.63) is 28.2 Å². The molecule has 1 rings (SSSR count). The molecular weight excluding hydrogens is 188 g/mol. The zero-order valence-electron chi connectivity index (χ0n) is 9.79. The van der Waals surface area contributed by atoms with Crippen LogP contribution in [-0.4, -0.2) is 4.57 Å². The average molecular weight is 208 g/mol. The van der Waals surface area contributed by atoms with Gasteiger partial charge in [0.15, 0.2) is 0 Å². The van der Waals surface area contributed by atoms with Gasteiger partial charge in [-0.25, -0.2) is 0 Å². The normalized spacial score (nSPS) is 12.7. The molecule has 84 valence electrons. The smallest absolute Gasteiger partial charge is 0.250 e. The Morgan fingerprint density at radius 1 is 1.53 bits per heavy atom. The zero-order valence-corrected chi connectivity index (χ0v) is 9.79. The van der Waals surface area contributed by atoms with Gasteiger partial charge in [-0.3, -0.25) is 4.79 Å². The Balaban J connectivity index is 2.86. The van der Waals surface area contributed by atoms with Gasteiger partial charge in [-0.1, -0.05) is 20.3 Å². The van der Waals surface area contributed by atoms with E-state index in [1.165, 1.54) is 0 Å². The minimum absolute atomic E-state index is 0.0460. The molecule has 0 aromatic carbocycles. The highest BCUT2D eigenvalue weighted by atomic mass is 16.1. The van der Waals surface area contributed by atoms with E-state index in [0.717, 1.165) is 24.9 Å². The predicted octanol–water partition coefficient (Wildman–Crippen LogP) is 2.18. The first-order valence-corrected chi connectivity index (χ1v) is 5.51. The van der Waals surface area contributed by atoms with E-state index in [-0.39, 0.29) is 5.56 Å². The fourth-order valence-corrected chi connectivity index (χ4v) is 1.75. The van der Waals surface area contributed by atoms with Crippen molar-refractivity contribution >= 4 is 5.69 Å². The number of nitrogens with two attached hydrogens (primary N) is 1. The van der Waals surface area contributed by atoms with Gasteiger partial charge < -0.3 is 10.3 Å². The maximum atomic E-state index is 11.6. The van der Waals surface area contributed by atoms with Gasteiger partial charge in [0.25, 0.3) is 5.56 Å². The first-order valence-electron chi connectivity index (χ1n) is 5.51. The molecule has 1 unspecified atom stereocenters. The summed E-state index contributed by atoms with van der Waals surface area (Å²) in [4.78, 5) is 11.6. The van der Waals surface area contributed by atoms with Crippen molar-refractivity contribution in [1.29, 1.82) is 0 Å². The van der Waals surface area contributed by atoms with Crippen molar-refractivity contribution in [3.63, 3.8) is 0 Å². The topological polar surface area (TPSA) is 48.0 Å². The van der Waals surface area contributed by atoms with Gasteiger partial charge in [0, 0.05) is 18.8 Å². The van der Waals surface area contributed by atoms with Gasteiger partial charge in [0.2, 0.25) is 0 Å². The Labute approximate surface area is 90.9 Å². The molecule has 1 aromatic rings. The Morgan fingerprint density at radius 3 is 2.80 bits per heavy atom. The number of anilines is 1. The van der Waals surface area contributed by atoms with Crippen molar-refractivity contribution in [2.45, 2.75) is 40.2 Å². The predicted molar refractivity (Wildman–Crippen MR) is 63.9 cm³/mol. The molecule has 2 N–H and O–H groups in total. The molecule has 0 spiro atoms. The van der Waals surface area contributed by atoms with Crippen LogP contribution in [0.15, 0.2) is 17.1 Å². The summed E-state index contributed by atoms with van der Waals surface area (Å²) >= 11 is 0. The number of rotatable bonds is 4. The first kappa shape index (κ1) is 11.8. The van der Waals surface area contributed by atoms with Crippen LogP contribution in [0.1, 0.15) is 32.3 Å². The fourth-order valence-electron chi connectivity index (χ4n) is 1.75. The third-order valence-electron chi connectivity index (χ3n) is 2.66. The molecular formula is C12H20N2O. The Hall–Kier alpha value is -1.25. The van der Waals surface area contributed by atoms with Crippen molar-refractivity contribution in [3.8, 4) is 0 Å². The minimum Gasteiger partial charge on any atom is -0.397 e. The van der Waals surface area contributed by atoms with Crippen LogP contribution in [0.2, 0.25) is 0 Å². The lowest BCUT2D eigenvalue weighted by Crippen LogP contribution is -2.23. The minimum atomic E-state index is 0.0460. The van der Waals surface area contributed by atoms with Gasteiger partial charge >= 0.3 is 0 Å². The van der Waals surface area contributed by atoms with Gasteiger partial charge in [0.1, 0.15) is 0 Å². The summed E-state index contributed by atoms with van der Waals surface area (Å²) in [5.41, 5.74) is 7.38. The maximum absolute atomic E-state index is 11.6. The second kappa shape index (κ2) is 5.01. The van der Waals surface area contributed by atoms with E-state index in [9.17, 15) is 4.79 Å². The van der Waals surface area contributed by atoms with Crippen molar-refractivity contribution in [2.75, 3.05) is 5.73 Å².